The summed E-state index contributed by atoms with van der Waals surface area (Å²) in [5.74, 6) is 0. The first kappa shape index (κ1) is 17.4. The van der Waals surface area contributed by atoms with Gasteiger partial charge in [-0.1, -0.05) is 42.0 Å². The number of pyridine rings is 1. The maximum absolute atomic E-state index is 4.66. The number of imidazole rings is 1. The lowest BCUT2D eigenvalue weighted by atomic mass is 10.0. The topological polar surface area (TPSA) is 35.6 Å². The molecule has 0 atom stereocenters. The number of rotatable bonds is 4. The standard InChI is InChI=1S/C25H22N4/c1-18-3-5-20(6-4-18)16-28-14-12-24-23(11-13-26-25(24)28)21-7-9-22(10-8-21)29-15-19(2)27-17-29/h3-15,17H,16H2,1-2H3. The summed E-state index contributed by atoms with van der Waals surface area (Å²) in [7, 11) is 0. The highest BCUT2D eigenvalue weighted by atomic mass is 15.0. The molecule has 0 fully saturated rings. The van der Waals surface area contributed by atoms with Crippen LogP contribution in [-0.4, -0.2) is 19.1 Å². The van der Waals surface area contributed by atoms with E-state index < -0.39 is 0 Å². The molecule has 0 saturated heterocycles. The molecule has 0 aliphatic heterocycles. The molecule has 0 saturated carbocycles. The molecule has 142 valence electrons. The Bertz CT molecular complexity index is 1270. The number of hydrogen-bond acceptors (Lipinski definition) is 2. The maximum atomic E-state index is 4.66. The van der Waals surface area contributed by atoms with Gasteiger partial charge in [0.2, 0.25) is 0 Å². The van der Waals surface area contributed by atoms with Crippen molar-refractivity contribution in [3.63, 3.8) is 0 Å². The fourth-order valence-corrected chi connectivity index (χ4v) is 3.74. The minimum absolute atomic E-state index is 0.819. The second-order valence-corrected chi connectivity index (χ2v) is 7.49. The summed E-state index contributed by atoms with van der Waals surface area (Å²) in [5.41, 5.74) is 8.08. The molecule has 5 rings (SSSR count). The van der Waals surface area contributed by atoms with Gasteiger partial charge in [0.15, 0.2) is 0 Å². The van der Waals surface area contributed by atoms with E-state index in [1.165, 1.54) is 27.6 Å². The Balaban J connectivity index is 1.49. The summed E-state index contributed by atoms with van der Waals surface area (Å²) in [6.07, 6.45) is 7.91. The van der Waals surface area contributed by atoms with Gasteiger partial charge in [-0.05, 0) is 54.8 Å². The first-order chi connectivity index (χ1) is 14.2. The van der Waals surface area contributed by atoms with E-state index in [0.29, 0.717) is 0 Å². The fourth-order valence-electron chi connectivity index (χ4n) is 3.74. The van der Waals surface area contributed by atoms with Crippen LogP contribution in [0.15, 0.2) is 85.6 Å². The molecule has 2 aromatic carbocycles. The van der Waals surface area contributed by atoms with Crippen molar-refractivity contribution in [2.24, 2.45) is 0 Å². The molecule has 4 nitrogen and oxygen atoms in total. The summed E-state index contributed by atoms with van der Waals surface area (Å²) < 4.78 is 4.26. The van der Waals surface area contributed by atoms with Crippen molar-refractivity contribution in [3.05, 3.63) is 102 Å². The maximum Gasteiger partial charge on any atom is 0.140 e. The van der Waals surface area contributed by atoms with Gasteiger partial charge >= 0.3 is 0 Å². The Morgan fingerprint density at radius 1 is 0.828 bits per heavy atom. The van der Waals surface area contributed by atoms with Gasteiger partial charge in [-0.3, -0.25) is 0 Å². The lowest BCUT2D eigenvalue weighted by Crippen LogP contribution is -1.99. The van der Waals surface area contributed by atoms with Crippen LogP contribution in [0.3, 0.4) is 0 Å². The molecular weight excluding hydrogens is 356 g/mol. The second kappa shape index (κ2) is 7.06. The van der Waals surface area contributed by atoms with Gasteiger partial charge in [0.1, 0.15) is 5.65 Å². The normalized spacial score (nSPS) is 11.2. The number of hydrogen-bond donors (Lipinski definition) is 0. The van der Waals surface area contributed by atoms with E-state index in [-0.39, 0.29) is 0 Å². The highest BCUT2D eigenvalue weighted by Crippen LogP contribution is 2.29. The highest BCUT2D eigenvalue weighted by molar-refractivity contribution is 5.93. The number of aromatic nitrogens is 4. The summed E-state index contributed by atoms with van der Waals surface area (Å²) in [5, 5.41) is 1.17. The molecule has 0 aliphatic rings. The molecular formula is C25H22N4. The Morgan fingerprint density at radius 3 is 2.34 bits per heavy atom. The quantitative estimate of drug-likeness (QED) is 0.411. The molecule has 4 heteroatoms. The third-order valence-corrected chi connectivity index (χ3v) is 5.32. The van der Waals surface area contributed by atoms with Crippen LogP contribution in [0, 0.1) is 13.8 Å². The zero-order valence-electron chi connectivity index (χ0n) is 16.6. The van der Waals surface area contributed by atoms with E-state index in [2.05, 4.69) is 88.3 Å². The first-order valence-corrected chi connectivity index (χ1v) is 9.78. The third kappa shape index (κ3) is 3.34. The number of aryl methyl sites for hydroxylation is 2. The molecule has 29 heavy (non-hydrogen) atoms. The van der Waals surface area contributed by atoms with Crippen LogP contribution in [0.1, 0.15) is 16.8 Å². The van der Waals surface area contributed by atoms with Gasteiger partial charge in [0.25, 0.3) is 0 Å². The van der Waals surface area contributed by atoms with Crippen molar-refractivity contribution in [2.45, 2.75) is 20.4 Å². The zero-order chi connectivity index (χ0) is 19.8. The summed E-state index contributed by atoms with van der Waals surface area (Å²) in [6, 6.07) is 21.5. The minimum atomic E-state index is 0.819. The van der Waals surface area contributed by atoms with E-state index in [4.69, 9.17) is 0 Å². The van der Waals surface area contributed by atoms with Crippen LogP contribution in [0.25, 0.3) is 27.8 Å². The third-order valence-electron chi connectivity index (χ3n) is 5.32. The molecule has 0 unspecified atom stereocenters. The van der Waals surface area contributed by atoms with E-state index in [1.807, 2.05) is 30.2 Å². The smallest absolute Gasteiger partial charge is 0.140 e. The summed E-state index contributed by atoms with van der Waals surface area (Å²) >= 11 is 0. The zero-order valence-corrected chi connectivity index (χ0v) is 16.6. The van der Waals surface area contributed by atoms with Crippen molar-refractivity contribution in [1.82, 2.24) is 19.1 Å². The molecule has 0 radical (unpaired) electrons. The van der Waals surface area contributed by atoms with Crippen molar-refractivity contribution in [3.8, 4) is 16.8 Å². The van der Waals surface area contributed by atoms with Crippen molar-refractivity contribution in [1.29, 1.82) is 0 Å². The largest absolute Gasteiger partial charge is 0.328 e. The Hall–Kier alpha value is -3.66. The SMILES string of the molecule is Cc1ccc(Cn2ccc3c(-c4ccc(-n5cnc(C)c5)cc4)ccnc32)cc1. The first-order valence-electron chi connectivity index (χ1n) is 9.78. The molecule has 0 aliphatic carbocycles. The Labute approximate surface area is 170 Å². The molecule has 3 aromatic heterocycles. The number of benzene rings is 2. The minimum Gasteiger partial charge on any atom is -0.328 e. The van der Waals surface area contributed by atoms with E-state index in [0.717, 1.165) is 23.6 Å². The van der Waals surface area contributed by atoms with Gasteiger partial charge in [-0.2, -0.15) is 0 Å². The molecule has 0 amide bonds. The average molecular weight is 378 g/mol. The van der Waals surface area contributed by atoms with Crippen molar-refractivity contribution < 1.29 is 0 Å². The van der Waals surface area contributed by atoms with E-state index in [1.54, 1.807) is 0 Å². The Kier molecular flexibility index (Phi) is 4.24. The fraction of sp³-hybridized carbons (Fsp3) is 0.120. The average Bonchev–Trinajstić information content (AvgIpc) is 3.36. The number of fused-ring (bicyclic) bond motifs is 1. The predicted octanol–water partition coefficient (Wildman–Crippen LogP) is 5.55. The van der Waals surface area contributed by atoms with Gasteiger partial charge in [-0.25, -0.2) is 9.97 Å². The lowest BCUT2D eigenvalue weighted by molar-refractivity contribution is 0.825. The van der Waals surface area contributed by atoms with Crippen molar-refractivity contribution >= 4 is 11.0 Å². The van der Waals surface area contributed by atoms with Crippen LogP contribution >= 0.6 is 0 Å². The van der Waals surface area contributed by atoms with E-state index >= 15 is 0 Å². The molecule has 0 N–H and O–H groups in total. The molecule has 0 bridgehead atoms. The van der Waals surface area contributed by atoms with Crippen molar-refractivity contribution in [2.75, 3.05) is 0 Å². The molecule has 0 spiro atoms. The summed E-state index contributed by atoms with van der Waals surface area (Å²) in [4.78, 5) is 8.97. The monoisotopic (exact) mass is 378 g/mol. The van der Waals surface area contributed by atoms with Crippen LogP contribution in [-0.2, 0) is 6.54 Å². The number of nitrogens with zero attached hydrogens (tertiary/aromatic N) is 4. The lowest BCUT2D eigenvalue weighted by Gasteiger charge is -2.08. The van der Waals surface area contributed by atoms with Crippen LogP contribution in [0.2, 0.25) is 0 Å². The second-order valence-electron chi connectivity index (χ2n) is 7.49. The van der Waals surface area contributed by atoms with Gasteiger partial charge < -0.3 is 9.13 Å². The molecule has 3 heterocycles. The van der Waals surface area contributed by atoms with E-state index in [9.17, 15) is 0 Å². The molecule has 5 aromatic rings. The Morgan fingerprint density at radius 2 is 1.62 bits per heavy atom. The van der Waals surface area contributed by atoms with Crippen LogP contribution in [0.4, 0.5) is 0 Å². The predicted molar refractivity (Wildman–Crippen MR) is 117 cm³/mol. The van der Waals surface area contributed by atoms with Gasteiger partial charge in [0.05, 0.1) is 12.0 Å². The van der Waals surface area contributed by atoms with Gasteiger partial charge in [0, 0.05) is 36.2 Å². The van der Waals surface area contributed by atoms with Gasteiger partial charge in [-0.15, -0.1) is 0 Å². The highest BCUT2D eigenvalue weighted by Gasteiger charge is 2.09. The van der Waals surface area contributed by atoms with Crippen LogP contribution in [0.5, 0.6) is 0 Å². The van der Waals surface area contributed by atoms with Crippen LogP contribution < -0.4 is 0 Å². The summed E-state index contributed by atoms with van der Waals surface area (Å²) in [6.45, 7) is 4.93.